The molecule has 1 amide bonds. The molecule has 1 atom stereocenters. The lowest BCUT2D eigenvalue weighted by molar-refractivity contribution is -0.116. The van der Waals surface area contributed by atoms with Crippen LogP contribution < -0.4 is 5.32 Å². The summed E-state index contributed by atoms with van der Waals surface area (Å²) in [7, 11) is 0. The van der Waals surface area contributed by atoms with Gasteiger partial charge >= 0.3 is 0 Å². The molecule has 1 unspecified atom stereocenters. The molecule has 0 bridgehead atoms. The average Bonchev–Trinajstić information content (AvgIpc) is 2.42. The van der Waals surface area contributed by atoms with E-state index in [4.69, 9.17) is 23.2 Å². The van der Waals surface area contributed by atoms with Crippen molar-refractivity contribution in [2.75, 3.05) is 5.32 Å². The van der Waals surface area contributed by atoms with Crippen molar-refractivity contribution in [2.45, 2.75) is 5.38 Å². The van der Waals surface area contributed by atoms with E-state index in [9.17, 15) is 9.18 Å². The minimum absolute atomic E-state index is 0.0992. The van der Waals surface area contributed by atoms with Crippen molar-refractivity contribution in [3.05, 3.63) is 63.3 Å². The summed E-state index contributed by atoms with van der Waals surface area (Å²) in [5.41, 5.74) is 0.959. The molecule has 0 heterocycles. The Bertz CT molecular complexity index is 613. The van der Waals surface area contributed by atoms with Crippen LogP contribution >= 0.6 is 39.1 Å². The van der Waals surface area contributed by atoms with Gasteiger partial charge in [-0.2, -0.15) is 0 Å². The number of hydrogen-bond donors (Lipinski definition) is 1. The highest BCUT2D eigenvalue weighted by Gasteiger charge is 2.19. The number of nitrogens with one attached hydrogen (secondary N) is 1. The number of benzene rings is 2. The monoisotopic (exact) mass is 375 g/mol. The molecule has 104 valence electrons. The van der Waals surface area contributed by atoms with Crippen LogP contribution in [-0.4, -0.2) is 5.91 Å². The lowest BCUT2D eigenvalue weighted by Gasteiger charge is -2.13. The number of anilines is 1. The summed E-state index contributed by atoms with van der Waals surface area (Å²) in [5.74, 6) is -0.933. The molecule has 0 aromatic heterocycles. The van der Waals surface area contributed by atoms with E-state index in [0.29, 0.717) is 15.7 Å². The molecule has 0 aliphatic heterocycles. The van der Waals surface area contributed by atoms with E-state index >= 15 is 0 Å². The summed E-state index contributed by atoms with van der Waals surface area (Å²) < 4.78 is 13.5. The minimum atomic E-state index is -0.857. The van der Waals surface area contributed by atoms with Crippen molar-refractivity contribution in [1.29, 1.82) is 0 Å². The molecule has 2 rings (SSSR count). The first kappa shape index (κ1) is 15.3. The van der Waals surface area contributed by atoms with E-state index in [1.807, 2.05) is 6.07 Å². The molecule has 0 saturated carbocycles. The van der Waals surface area contributed by atoms with Gasteiger partial charge in [0.25, 0.3) is 0 Å². The molecule has 2 aromatic rings. The van der Waals surface area contributed by atoms with Gasteiger partial charge in [-0.3, -0.25) is 4.79 Å². The molecule has 0 spiro atoms. The molecule has 2 nitrogen and oxygen atoms in total. The van der Waals surface area contributed by atoms with Crippen molar-refractivity contribution in [1.82, 2.24) is 0 Å². The maximum absolute atomic E-state index is 13.1. The van der Waals surface area contributed by atoms with E-state index in [0.717, 1.165) is 6.07 Å². The Hall–Kier alpha value is -1.10. The Morgan fingerprint density at radius 3 is 2.50 bits per heavy atom. The molecular formula is C14H9BrCl2FNO. The second-order valence-corrected chi connectivity index (χ2v) is 5.70. The smallest absolute Gasteiger partial charge is 0.247 e. The molecular weight excluding hydrogens is 368 g/mol. The zero-order valence-electron chi connectivity index (χ0n) is 10.0. The van der Waals surface area contributed by atoms with Crippen molar-refractivity contribution < 1.29 is 9.18 Å². The lowest BCUT2D eigenvalue weighted by atomic mass is 10.1. The summed E-state index contributed by atoms with van der Waals surface area (Å²) in [6.07, 6.45) is 0. The van der Waals surface area contributed by atoms with Gasteiger partial charge in [-0.1, -0.05) is 41.9 Å². The Morgan fingerprint density at radius 2 is 1.90 bits per heavy atom. The fraction of sp³-hybridized carbons (Fsp3) is 0.0714. The third kappa shape index (κ3) is 3.51. The van der Waals surface area contributed by atoms with Gasteiger partial charge in [0.2, 0.25) is 5.91 Å². The predicted molar refractivity (Wildman–Crippen MR) is 82.8 cm³/mol. The van der Waals surface area contributed by atoms with Crippen LogP contribution in [0.3, 0.4) is 0 Å². The second kappa shape index (κ2) is 6.57. The van der Waals surface area contributed by atoms with Crippen molar-refractivity contribution >= 4 is 50.7 Å². The van der Waals surface area contributed by atoms with Crippen LogP contribution in [0.4, 0.5) is 10.1 Å². The van der Waals surface area contributed by atoms with Crippen LogP contribution in [0.2, 0.25) is 5.02 Å². The summed E-state index contributed by atoms with van der Waals surface area (Å²) >= 11 is 15.1. The zero-order chi connectivity index (χ0) is 14.7. The van der Waals surface area contributed by atoms with Crippen LogP contribution in [-0.2, 0) is 4.79 Å². The summed E-state index contributed by atoms with van der Waals surface area (Å²) in [6, 6.07) is 11.2. The first-order valence-electron chi connectivity index (χ1n) is 5.63. The molecule has 6 heteroatoms. The number of halogens is 4. The molecule has 20 heavy (non-hydrogen) atoms. The average molecular weight is 377 g/mol. The number of amides is 1. The first-order chi connectivity index (χ1) is 9.49. The fourth-order valence-corrected chi connectivity index (χ4v) is 2.72. The molecule has 2 aromatic carbocycles. The highest BCUT2D eigenvalue weighted by atomic mass is 79.9. The van der Waals surface area contributed by atoms with Crippen LogP contribution in [0, 0.1) is 5.82 Å². The van der Waals surface area contributed by atoms with Crippen molar-refractivity contribution in [2.24, 2.45) is 0 Å². The summed E-state index contributed by atoms with van der Waals surface area (Å²) in [4.78, 5) is 12.1. The molecule has 0 radical (unpaired) electrons. The van der Waals surface area contributed by atoms with Gasteiger partial charge in [0.05, 0.1) is 10.7 Å². The Balaban J connectivity index is 2.20. The lowest BCUT2D eigenvalue weighted by Crippen LogP contribution is -2.18. The highest BCUT2D eigenvalue weighted by molar-refractivity contribution is 9.10. The molecule has 0 fully saturated rings. The normalized spacial score (nSPS) is 12.0. The fourth-order valence-electron chi connectivity index (χ4n) is 1.62. The van der Waals surface area contributed by atoms with Crippen molar-refractivity contribution in [3.8, 4) is 0 Å². The number of rotatable bonds is 3. The van der Waals surface area contributed by atoms with E-state index in [1.54, 1.807) is 24.3 Å². The molecule has 0 aliphatic rings. The standard InChI is InChI=1S/C14H9BrCl2FNO/c15-10-6-9(18)7-11(16)13(10)19-14(20)12(17)8-4-2-1-3-5-8/h1-7,12H,(H,19,20). The SMILES string of the molecule is O=C(Nc1c(Cl)cc(F)cc1Br)C(Cl)c1ccccc1. The van der Waals surface area contributed by atoms with Crippen LogP contribution in [0.25, 0.3) is 0 Å². The third-order valence-corrected chi connectivity index (χ3v) is 3.95. The van der Waals surface area contributed by atoms with Gasteiger partial charge in [-0.05, 0) is 33.6 Å². The second-order valence-electron chi connectivity index (χ2n) is 4.01. The number of carbonyl (C=O) groups is 1. The Labute approximate surface area is 134 Å². The first-order valence-corrected chi connectivity index (χ1v) is 7.24. The van der Waals surface area contributed by atoms with Gasteiger partial charge in [0, 0.05) is 4.47 Å². The van der Waals surface area contributed by atoms with Gasteiger partial charge in [-0.25, -0.2) is 4.39 Å². The zero-order valence-corrected chi connectivity index (χ0v) is 13.1. The van der Waals surface area contributed by atoms with E-state index in [-0.39, 0.29) is 5.02 Å². The van der Waals surface area contributed by atoms with E-state index in [2.05, 4.69) is 21.2 Å². The topological polar surface area (TPSA) is 29.1 Å². The van der Waals surface area contributed by atoms with E-state index < -0.39 is 17.1 Å². The quantitative estimate of drug-likeness (QED) is 0.736. The maximum atomic E-state index is 13.1. The summed E-state index contributed by atoms with van der Waals surface area (Å²) in [6.45, 7) is 0. The third-order valence-electron chi connectivity index (χ3n) is 2.58. The van der Waals surface area contributed by atoms with Gasteiger partial charge in [-0.15, -0.1) is 11.6 Å². The van der Waals surface area contributed by atoms with E-state index in [1.165, 1.54) is 6.07 Å². The van der Waals surface area contributed by atoms with Crippen LogP contribution in [0.1, 0.15) is 10.9 Å². The highest BCUT2D eigenvalue weighted by Crippen LogP contribution is 2.33. The summed E-state index contributed by atoms with van der Waals surface area (Å²) in [5, 5.41) is 1.83. The largest absolute Gasteiger partial charge is 0.322 e. The molecule has 1 N–H and O–H groups in total. The van der Waals surface area contributed by atoms with Gasteiger partial charge < -0.3 is 5.32 Å². The molecule has 0 aliphatic carbocycles. The number of carbonyl (C=O) groups excluding carboxylic acids is 1. The predicted octanol–water partition coefficient (Wildman–Crippen LogP) is 5.16. The van der Waals surface area contributed by atoms with Crippen LogP contribution in [0.5, 0.6) is 0 Å². The minimum Gasteiger partial charge on any atom is -0.322 e. The number of alkyl halides is 1. The maximum Gasteiger partial charge on any atom is 0.247 e. The van der Waals surface area contributed by atoms with Crippen LogP contribution in [0.15, 0.2) is 46.9 Å². The van der Waals surface area contributed by atoms with Crippen molar-refractivity contribution in [3.63, 3.8) is 0 Å². The molecule has 0 saturated heterocycles. The van der Waals surface area contributed by atoms with Gasteiger partial charge in [0.15, 0.2) is 0 Å². The number of hydrogen-bond acceptors (Lipinski definition) is 1. The Kier molecular flexibility index (Phi) is 5.02. The Morgan fingerprint density at radius 1 is 1.25 bits per heavy atom. The van der Waals surface area contributed by atoms with Gasteiger partial charge in [0.1, 0.15) is 11.2 Å².